The standard InChI is InChI=1S/C13H23NO5/c1-8(11(16)17)10(15)9-6-5-7-14(9)12(18)19-13(2,3)4/h8-10,15H,5-7H2,1-4H3,(H,16,17)/t8-,9-,10+/m0/s1. The van der Waals surface area contributed by atoms with Gasteiger partial charge in [-0.2, -0.15) is 0 Å². The molecular weight excluding hydrogens is 250 g/mol. The lowest BCUT2D eigenvalue weighted by Gasteiger charge is -2.32. The number of carbonyl (C=O) groups excluding carboxylic acids is 1. The summed E-state index contributed by atoms with van der Waals surface area (Å²) in [7, 11) is 0. The van der Waals surface area contributed by atoms with Gasteiger partial charge in [0.15, 0.2) is 0 Å². The Morgan fingerprint density at radius 3 is 2.42 bits per heavy atom. The van der Waals surface area contributed by atoms with Crippen molar-refractivity contribution >= 4 is 12.1 Å². The van der Waals surface area contributed by atoms with Gasteiger partial charge in [-0.15, -0.1) is 0 Å². The van der Waals surface area contributed by atoms with Crippen LogP contribution in [0.15, 0.2) is 0 Å². The van der Waals surface area contributed by atoms with Crippen molar-refractivity contribution in [1.82, 2.24) is 4.90 Å². The second-order valence-electron chi connectivity index (χ2n) is 6.00. The van der Waals surface area contributed by atoms with Gasteiger partial charge in [-0.3, -0.25) is 4.79 Å². The molecule has 1 aliphatic heterocycles. The van der Waals surface area contributed by atoms with Crippen molar-refractivity contribution in [2.75, 3.05) is 6.54 Å². The molecule has 1 fully saturated rings. The SMILES string of the molecule is C[C@H](C(=O)O)[C@@H](O)[C@@H]1CCCN1C(=O)OC(C)(C)C. The van der Waals surface area contributed by atoms with E-state index in [1.807, 2.05) is 0 Å². The quantitative estimate of drug-likeness (QED) is 0.813. The zero-order chi connectivity index (χ0) is 14.8. The highest BCUT2D eigenvalue weighted by atomic mass is 16.6. The van der Waals surface area contributed by atoms with Crippen LogP contribution in [0.5, 0.6) is 0 Å². The largest absolute Gasteiger partial charge is 0.481 e. The topological polar surface area (TPSA) is 87.1 Å². The number of rotatable bonds is 3. The lowest BCUT2D eigenvalue weighted by molar-refractivity contribution is -0.146. The van der Waals surface area contributed by atoms with Crippen molar-refractivity contribution in [3.05, 3.63) is 0 Å². The molecule has 0 aliphatic carbocycles. The first-order valence-corrected chi connectivity index (χ1v) is 6.54. The van der Waals surface area contributed by atoms with Crippen molar-refractivity contribution in [3.8, 4) is 0 Å². The smallest absolute Gasteiger partial charge is 0.410 e. The summed E-state index contributed by atoms with van der Waals surface area (Å²) in [5, 5.41) is 19.0. The van der Waals surface area contributed by atoms with Crippen LogP contribution in [0.3, 0.4) is 0 Å². The third-order valence-electron chi connectivity index (χ3n) is 3.22. The number of aliphatic hydroxyl groups is 1. The van der Waals surface area contributed by atoms with Crippen LogP contribution in [0.1, 0.15) is 40.5 Å². The predicted octanol–water partition coefficient (Wildman–Crippen LogP) is 1.47. The Morgan fingerprint density at radius 1 is 1.37 bits per heavy atom. The third-order valence-corrected chi connectivity index (χ3v) is 3.22. The van der Waals surface area contributed by atoms with E-state index in [9.17, 15) is 14.7 Å². The summed E-state index contributed by atoms with van der Waals surface area (Å²) >= 11 is 0. The molecule has 1 aliphatic rings. The number of ether oxygens (including phenoxy) is 1. The molecule has 2 N–H and O–H groups in total. The number of likely N-dealkylation sites (tertiary alicyclic amines) is 1. The Labute approximate surface area is 113 Å². The Hall–Kier alpha value is -1.30. The highest BCUT2D eigenvalue weighted by Gasteiger charge is 2.40. The number of carboxylic acids is 1. The number of carboxylic acid groups (broad SMARTS) is 1. The molecule has 0 unspecified atom stereocenters. The summed E-state index contributed by atoms with van der Waals surface area (Å²) in [5.74, 6) is -1.98. The van der Waals surface area contributed by atoms with Gasteiger partial charge in [-0.05, 0) is 40.5 Å². The molecule has 1 amide bonds. The van der Waals surface area contributed by atoms with Crippen molar-refractivity contribution in [2.45, 2.75) is 58.3 Å². The molecule has 1 heterocycles. The van der Waals surface area contributed by atoms with Gasteiger partial charge in [0.05, 0.1) is 18.1 Å². The molecule has 110 valence electrons. The molecule has 0 saturated carbocycles. The van der Waals surface area contributed by atoms with Crippen molar-refractivity contribution in [1.29, 1.82) is 0 Å². The lowest BCUT2D eigenvalue weighted by atomic mass is 9.96. The van der Waals surface area contributed by atoms with Crippen LogP contribution in [-0.4, -0.2) is 51.5 Å². The molecule has 1 rings (SSSR count). The Morgan fingerprint density at radius 2 is 1.95 bits per heavy atom. The molecule has 19 heavy (non-hydrogen) atoms. The van der Waals surface area contributed by atoms with Crippen molar-refractivity contribution < 1.29 is 24.5 Å². The van der Waals surface area contributed by atoms with Crippen LogP contribution >= 0.6 is 0 Å². The predicted molar refractivity (Wildman–Crippen MR) is 68.8 cm³/mol. The monoisotopic (exact) mass is 273 g/mol. The fourth-order valence-electron chi connectivity index (χ4n) is 2.17. The van der Waals surface area contributed by atoms with Crippen LogP contribution in [-0.2, 0) is 9.53 Å². The van der Waals surface area contributed by atoms with E-state index < -0.39 is 35.7 Å². The van der Waals surface area contributed by atoms with E-state index in [1.54, 1.807) is 20.8 Å². The maximum Gasteiger partial charge on any atom is 0.410 e. The summed E-state index contributed by atoms with van der Waals surface area (Å²) in [5.41, 5.74) is -0.604. The molecule has 6 heteroatoms. The van der Waals surface area contributed by atoms with Crippen molar-refractivity contribution in [2.24, 2.45) is 5.92 Å². The first-order chi connectivity index (χ1) is 8.63. The molecule has 0 radical (unpaired) electrons. The Kier molecular flexibility index (Phi) is 4.79. The van der Waals surface area contributed by atoms with Gasteiger partial charge in [0.1, 0.15) is 5.60 Å². The third kappa shape index (κ3) is 4.09. The minimum absolute atomic E-state index is 0.485. The van der Waals surface area contributed by atoms with Gasteiger partial charge in [0, 0.05) is 6.54 Å². The van der Waals surface area contributed by atoms with E-state index in [0.29, 0.717) is 13.0 Å². The summed E-state index contributed by atoms with van der Waals surface area (Å²) in [6.45, 7) is 7.24. The number of hydrogen-bond acceptors (Lipinski definition) is 4. The van der Waals surface area contributed by atoms with E-state index in [4.69, 9.17) is 9.84 Å². The van der Waals surface area contributed by atoms with Gasteiger partial charge in [-0.25, -0.2) is 4.79 Å². The van der Waals surface area contributed by atoms with Crippen LogP contribution in [0, 0.1) is 5.92 Å². The molecule has 0 aromatic heterocycles. The number of hydrogen-bond donors (Lipinski definition) is 2. The van der Waals surface area contributed by atoms with E-state index in [-0.39, 0.29) is 0 Å². The highest BCUT2D eigenvalue weighted by Crippen LogP contribution is 2.26. The Balaban J connectivity index is 2.73. The van der Waals surface area contributed by atoms with Gasteiger partial charge in [0.25, 0.3) is 0 Å². The Bertz CT molecular complexity index is 349. The zero-order valence-corrected chi connectivity index (χ0v) is 11.9. The number of carbonyl (C=O) groups is 2. The van der Waals surface area contributed by atoms with Crippen LogP contribution in [0.4, 0.5) is 4.79 Å². The second kappa shape index (κ2) is 5.77. The minimum atomic E-state index is -1.08. The summed E-state index contributed by atoms with van der Waals surface area (Å²) in [6, 6.07) is -0.485. The fraction of sp³-hybridized carbons (Fsp3) is 0.846. The molecule has 1 saturated heterocycles. The van der Waals surface area contributed by atoms with Gasteiger partial charge < -0.3 is 19.8 Å². The number of aliphatic hydroxyl groups excluding tert-OH is 1. The molecular formula is C13H23NO5. The maximum atomic E-state index is 12.0. The van der Waals surface area contributed by atoms with E-state index in [1.165, 1.54) is 11.8 Å². The number of nitrogens with zero attached hydrogens (tertiary/aromatic N) is 1. The molecule has 6 nitrogen and oxygen atoms in total. The fourth-order valence-corrected chi connectivity index (χ4v) is 2.17. The normalized spacial score (nSPS) is 23.0. The number of amides is 1. The molecule has 0 aromatic rings. The summed E-state index contributed by atoms with van der Waals surface area (Å²) in [6.07, 6.45) is -0.232. The van der Waals surface area contributed by atoms with Crippen molar-refractivity contribution in [3.63, 3.8) is 0 Å². The summed E-state index contributed by atoms with van der Waals surface area (Å²) < 4.78 is 5.27. The molecule has 3 atom stereocenters. The van der Waals surface area contributed by atoms with Crippen LogP contribution in [0.25, 0.3) is 0 Å². The molecule has 0 bridgehead atoms. The first kappa shape index (κ1) is 15.8. The van der Waals surface area contributed by atoms with Gasteiger partial charge in [0.2, 0.25) is 0 Å². The first-order valence-electron chi connectivity index (χ1n) is 6.54. The van der Waals surface area contributed by atoms with Crippen LogP contribution < -0.4 is 0 Å². The number of aliphatic carboxylic acids is 1. The second-order valence-corrected chi connectivity index (χ2v) is 6.00. The van der Waals surface area contributed by atoms with E-state index >= 15 is 0 Å². The van der Waals surface area contributed by atoms with E-state index in [2.05, 4.69) is 0 Å². The molecule has 0 spiro atoms. The maximum absolute atomic E-state index is 12.0. The van der Waals surface area contributed by atoms with Gasteiger partial charge in [-0.1, -0.05) is 0 Å². The molecule has 0 aromatic carbocycles. The zero-order valence-electron chi connectivity index (χ0n) is 11.9. The highest BCUT2D eigenvalue weighted by molar-refractivity contribution is 5.71. The lowest BCUT2D eigenvalue weighted by Crippen LogP contribution is -2.48. The average molecular weight is 273 g/mol. The minimum Gasteiger partial charge on any atom is -0.481 e. The van der Waals surface area contributed by atoms with E-state index in [0.717, 1.165) is 6.42 Å². The van der Waals surface area contributed by atoms with Gasteiger partial charge >= 0.3 is 12.1 Å². The summed E-state index contributed by atoms with van der Waals surface area (Å²) in [4.78, 5) is 24.4. The van der Waals surface area contributed by atoms with Crippen LogP contribution in [0.2, 0.25) is 0 Å². The average Bonchev–Trinajstić information content (AvgIpc) is 2.73.